The molecule has 4 heteroatoms. The van der Waals surface area contributed by atoms with Crippen molar-refractivity contribution in [3.05, 3.63) is 47.6 Å². The highest BCUT2D eigenvalue weighted by Crippen LogP contribution is 2.46. The molecule has 1 fully saturated rings. The number of rotatable bonds is 4. The van der Waals surface area contributed by atoms with Gasteiger partial charge >= 0.3 is 0 Å². The predicted molar refractivity (Wildman–Crippen MR) is 68.2 cm³/mol. The third-order valence-electron chi connectivity index (χ3n) is 3.72. The molecule has 1 aliphatic rings. The van der Waals surface area contributed by atoms with Crippen LogP contribution in [-0.4, -0.2) is 16.7 Å². The molecule has 1 atom stereocenters. The summed E-state index contributed by atoms with van der Waals surface area (Å²) in [7, 11) is 0. The highest BCUT2D eigenvalue weighted by atomic mass is 16.5. The maximum atomic E-state index is 5.84. The van der Waals surface area contributed by atoms with Crippen LogP contribution < -0.4 is 5.73 Å². The third-order valence-corrected chi connectivity index (χ3v) is 3.72. The van der Waals surface area contributed by atoms with Gasteiger partial charge in [0.25, 0.3) is 0 Å². The van der Waals surface area contributed by atoms with Gasteiger partial charge in [0.2, 0.25) is 5.89 Å². The average Bonchev–Trinajstić information content (AvgIpc) is 2.96. The summed E-state index contributed by atoms with van der Waals surface area (Å²) in [4.78, 5) is 4.53. The quantitative estimate of drug-likeness (QED) is 0.894. The van der Waals surface area contributed by atoms with Crippen LogP contribution in [0.4, 0.5) is 0 Å². The molecule has 2 aromatic rings. The summed E-state index contributed by atoms with van der Waals surface area (Å²) in [5, 5.41) is 4.10. The molecule has 94 valence electrons. The van der Waals surface area contributed by atoms with Crippen LogP contribution in [0.25, 0.3) is 0 Å². The minimum Gasteiger partial charge on any atom is -0.339 e. The fourth-order valence-corrected chi connectivity index (χ4v) is 2.10. The van der Waals surface area contributed by atoms with Crippen molar-refractivity contribution < 1.29 is 4.52 Å². The molecule has 0 bridgehead atoms. The molecule has 1 heterocycles. The molecular weight excluding hydrogens is 226 g/mol. The van der Waals surface area contributed by atoms with Gasteiger partial charge in [-0.2, -0.15) is 4.98 Å². The van der Waals surface area contributed by atoms with Gasteiger partial charge in [-0.25, -0.2) is 0 Å². The van der Waals surface area contributed by atoms with Crippen molar-refractivity contribution in [1.82, 2.24) is 10.1 Å². The highest BCUT2D eigenvalue weighted by Gasteiger charge is 2.43. The number of aromatic nitrogens is 2. The first-order valence-electron chi connectivity index (χ1n) is 6.32. The summed E-state index contributed by atoms with van der Waals surface area (Å²) in [5.41, 5.74) is 7.10. The second-order valence-electron chi connectivity index (χ2n) is 5.22. The minimum absolute atomic E-state index is 0.00481. The average molecular weight is 243 g/mol. The number of hydrogen-bond donors (Lipinski definition) is 1. The molecule has 18 heavy (non-hydrogen) atoms. The Morgan fingerprint density at radius 2 is 2.06 bits per heavy atom. The topological polar surface area (TPSA) is 64.9 Å². The van der Waals surface area contributed by atoms with Crippen LogP contribution in [0, 0.1) is 0 Å². The standard InChI is InChI=1S/C14H17N3O/c1-14(7-8-14)13-16-12(18-17-13)11(9-15)10-5-3-2-4-6-10/h2-6,11H,7-9,15H2,1H3. The van der Waals surface area contributed by atoms with Crippen LogP contribution in [0.15, 0.2) is 34.9 Å². The molecule has 0 radical (unpaired) electrons. The van der Waals surface area contributed by atoms with E-state index in [1.54, 1.807) is 0 Å². The van der Waals surface area contributed by atoms with E-state index in [0.717, 1.165) is 24.2 Å². The minimum atomic E-state index is -0.00481. The van der Waals surface area contributed by atoms with Crippen molar-refractivity contribution in [3.8, 4) is 0 Å². The van der Waals surface area contributed by atoms with Gasteiger partial charge in [0, 0.05) is 12.0 Å². The first kappa shape index (κ1) is 11.4. The molecule has 2 N–H and O–H groups in total. The zero-order valence-corrected chi connectivity index (χ0v) is 10.5. The lowest BCUT2D eigenvalue weighted by Crippen LogP contribution is -2.14. The van der Waals surface area contributed by atoms with Gasteiger partial charge in [0.15, 0.2) is 5.82 Å². The van der Waals surface area contributed by atoms with Gasteiger partial charge < -0.3 is 10.3 Å². The SMILES string of the molecule is CC1(c2noc(C(CN)c3ccccc3)n2)CC1. The number of nitrogens with two attached hydrogens (primary N) is 1. The van der Waals surface area contributed by atoms with Gasteiger partial charge in [0.1, 0.15) is 0 Å². The summed E-state index contributed by atoms with van der Waals surface area (Å²) in [6.45, 7) is 2.64. The first-order valence-corrected chi connectivity index (χ1v) is 6.32. The summed E-state index contributed by atoms with van der Waals surface area (Å²) in [5.74, 6) is 1.45. The summed E-state index contributed by atoms with van der Waals surface area (Å²) in [6, 6.07) is 10.1. The first-order chi connectivity index (χ1) is 8.73. The lowest BCUT2D eigenvalue weighted by atomic mass is 9.99. The Labute approximate surface area is 106 Å². The summed E-state index contributed by atoms with van der Waals surface area (Å²) >= 11 is 0. The molecule has 0 amide bonds. The van der Waals surface area contributed by atoms with Crippen molar-refractivity contribution >= 4 is 0 Å². The van der Waals surface area contributed by atoms with Gasteiger partial charge in [-0.15, -0.1) is 0 Å². The molecule has 3 rings (SSSR count). The number of benzene rings is 1. The van der Waals surface area contributed by atoms with E-state index in [1.807, 2.05) is 30.3 Å². The molecule has 1 unspecified atom stereocenters. The van der Waals surface area contributed by atoms with E-state index in [-0.39, 0.29) is 11.3 Å². The third kappa shape index (κ3) is 1.93. The fraction of sp³-hybridized carbons (Fsp3) is 0.429. The lowest BCUT2D eigenvalue weighted by Gasteiger charge is -2.09. The van der Waals surface area contributed by atoms with Crippen molar-refractivity contribution in [2.24, 2.45) is 5.73 Å². The van der Waals surface area contributed by atoms with Crippen LogP contribution >= 0.6 is 0 Å². The highest BCUT2D eigenvalue weighted by molar-refractivity contribution is 5.26. The Bertz CT molecular complexity index is 531. The van der Waals surface area contributed by atoms with Crippen LogP contribution in [0.5, 0.6) is 0 Å². The molecule has 1 saturated carbocycles. The Morgan fingerprint density at radius 1 is 1.33 bits per heavy atom. The molecule has 0 saturated heterocycles. The monoisotopic (exact) mass is 243 g/mol. The molecule has 0 spiro atoms. The fourth-order valence-electron chi connectivity index (χ4n) is 2.10. The molecule has 4 nitrogen and oxygen atoms in total. The van der Waals surface area contributed by atoms with Crippen molar-refractivity contribution in [2.75, 3.05) is 6.54 Å². The maximum Gasteiger partial charge on any atom is 0.235 e. The van der Waals surface area contributed by atoms with E-state index in [1.165, 1.54) is 0 Å². The molecule has 1 aromatic heterocycles. The van der Waals surface area contributed by atoms with Gasteiger partial charge in [-0.3, -0.25) is 0 Å². The smallest absolute Gasteiger partial charge is 0.235 e. The predicted octanol–water partition coefficient (Wildman–Crippen LogP) is 2.21. The Kier molecular flexibility index (Phi) is 2.67. The summed E-state index contributed by atoms with van der Waals surface area (Å²) < 4.78 is 5.40. The van der Waals surface area contributed by atoms with E-state index in [4.69, 9.17) is 10.3 Å². The molecule has 1 aromatic carbocycles. The van der Waals surface area contributed by atoms with Gasteiger partial charge in [-0.05, 0) is 18.4 Å². The Balaban J connectivity index is 1.90. The van der Waals surface area contributed by atoms with Crippen LogP contribution in [-0.2, 0) is 5.41 Å². The van der Waals surface area contributed by atoms with Crippen molar-refractivity contribution in [3.63, 3.8) is 0 Å². The lowest BCUT2D eigenvalue weighted by molar-refractivity contribution is 0.359. The van der Waals surface area contributed by atoms with E-state index >= 15 is 0 Å². The van der Waals surface area contributed by atoms with Crippen molar-refractivity contribution in [1.29, 1.82) is 0 Å². The second-order valence-corrected chi connectivity index (χ2v) is 5.22. The zero-order valence-electron chi connectivity index (χ0n) is 10.5. The van der Waals surface area contributed by atoms with Gasteiger partial charge in [0.05, 0.1) is 5.92 Å². The van der Waals surface area contributed by atoms with E-state index in [0.29, 0.717) is 12.4 Å². The zero-order chi connectivity index (χ0) is 12.6. The van der Waals surface area contributed by atoms with E-state index in [2.05, 4.69) is 17.1 Å². The van der Waals surface area contributed by atoms with Gasteiger partial charge in [-0.1, -0.05) is 42.4 Å². The molecule has 0 aliphatic heterocycles. The Morgan fingerprint density at radius 3 is 2.67 bits per heavy atom. The van der Waals surface area contributed by atoms with E-state index in [9.17, 15) is 0 Å². The number of nitrogens with zero attached hydrogens (tertiary/aromatic N) is 2. The molecular formula is C14H17N3O. The van der Waals surface area contributed by atoms with Crippen LogP contribution in [0.3, 0.4) is 0 Å². The van der Waals surface area contributed by atoms with Crippen LogP contribution in [0.2, 0.25) is 0 Å². The van der Waals surface area contributed by atoms with E-state index < -0.39 is 0 Å². The largest absolute Gasteiger partial charge is 0.339 e. The maximum absolute atomic E-state index is 5.84. The second kappa shape index (κ2) is 4.21. The molecule has 1 aliphatic carbocycles. The summed E-state index contributed by atoms with van der Waals surface area (Å²) in [6.07, 6.45) is 2.29. The van der Waals surface area contributed by atoms with Crippen LogP contribution in [0.1, 0.15) is 43.0 Å². The number of hydrogen-bond acceptors (Lipinski definition) is 4. The normalized spacial score (nSPS) is 18.6. The van der Waals surface area contributed by atoms with Crippen molar-refractivity contribution in [2.45, 2.75) is 31.1 Å². The Hall–Kier alpha value is -1.68.